The quantitative estimate of drug-likeness (QED) is 0.190. The van der Waals surface area contributed by atoms with E-state index in [4.69, 9.17) is 19.2 Å². The van der Waals surface area contributed by atoms with Crippen LogP contribution < -0.4 is 19.1 Å². The SMILES string of the molecule is CCc1cc(C)cc(F)c1Oc1cc2c(ncn2C)c(N(Cc2ccc(OC)cc2)Cc2ccc(OC)cc2)n1. The first-order valence-electron chi connectivity index (χ1n) is 13.2. The van der Waals surface area contributed by atoms with Gasteiger partial charge in [0, 0.05) is 26.2 Å². The number of benzene rings is 3. The number of fused-ring (bicyclic) bond motifs is 1. The molecule has 0 aliphatic carbocycles. The van der Waals surface area contributed by atoms with Crippen molar-refractivity contribution in [1.29, 1.82) is 0 Å². The second-order valence-corrected chi connectivity index (χ2v) is 9.75. The third-order valence-electron chi connectivity index (χ3n) is 6.89. The summed E-state index contributed by atoms with van der Waals surface area (Å²) in [5.41, 5.74) is 5.35. The molecule has 0 N–H and O–H groups in total. The van der Waals surface area contributed by atoms with Gasteiger partial charge in [-0.15, -0.1) is 0 Å². The standard InChI is InChI=1S/C32H33FN4O3/c1-6-24-15-21(2)16-27(33)31(24)40-29-17-28-30(34-20-36(28)3)32(35-29)37(18-22-7-11-25(38-4)12-8-22)19-23-9-13-26(39-5)14-10-23/h7-17,20H,6,18-19H2,1-5H3. The number of pyridine rings is 1. The molecule has 206 valence electrons. The van der Waals surface area contributed by atoms with Gasteiger partial charge in [-0.3, -0.25) is 0 Å². The van der Waals surface area contributed by atoms with Crippen LogP contribution in [0, 0.1) is 12.7 Å². The summed E-state index contributed by atoms with van der Waals surface area (Å²) in [6.45, 7) is 4.96. The smallest absolute Gasteiger partial charge is 0.223 e. The molecule has 5 aromatic rings. The van der Waals surface area contributed by atoms with Gasteiger partial charge in [0.05, 0.1) is 26.1 Å². The lowest BCUT2D eigenvalue weighted by Crippen LogP contribution is -2.23. The van der Waals surface area contributed by atoms with Gasteiger partial charge in [-0.1, -0.05) is 37.3 Å². The van der Waals surface area contributed by atoms with Crippen LogP contribution in [0.1, 0.15) is 29.2 Å². The Morgan fingerprint density at radius 2 is 1.48 bits per heavy atom. The van der Waals surface area contributed by atoms with Crippen LogP contribution in [0.5, 0.6) is 23.1 Å². The van der Waals surface area contributed by atoms with Crippen molar-refractivity contribution in [3.05, 3.63) is 101 Å². The minimum atomic E-state index is -0.404. The minimum Gasteiger partial charge on any atom is -0.497 e. The predicted octanol–water partition coefficient (Wildman–Crippen LogP) is 6.99. The van der Waals surface area contributed by atoms with Crippen molar-refractivity contribution < 1.29 is 18.6 Å². The molecule has 5 rings (SSSR count). The van der Waals surface area contributed by atoms with Crippen LogP contribution in [0.2, 0.25) is 0 Å². The highest BCUT2D eigenvalue weighted by atomic mass is 19.1. The second kappa shape index (κ2) is 11.7. The molecule has 0 bridgehead atoms. The number of aryl methyl sites for hydroxylation is 3. The van der Waals surface area contributed by atoms with Gasteiger partial charge >= 0.3 is 0 Å². The summed E-state index contributed by atoms with van der Waals surface area (Å²) in [5.74, 6) is 2.32. The number of ether oxygens (including phenoxy) is 3. The molecule has 0 saturated heterocycles. The fourth-order valence-electron chi connectivity index (χ4n) is 4.75. The molecule has 0 radical (unpaired) electrons. The Morgan fingerprint density at radius 1 is 0.875 bits per heavy atom. The third kappa shape index (κ3) is 5.71. The third-order valence-corrected chi connectivity index (χ3v) is 6.89. The van der Waals surface area contributed by atoms with Gasteiger partial charge in [0.1, 0.15) is 17.0 Å². The number of aromatic nitrogens is 3. The van der Waals surface area contributed by atoms with Crippen LogP contribution in [-0.2, 0) is 26.6 Å². The summed E-state index contributed by atoms with van der Waals surface area (Å²) in [4.78, 5) is 11.7. The van der Waals surface area contributed by atoms with E-state index in [1.165, 1.54) is 6.07 Å². The highest BCUT2D eigenvalue weighted by Crippen LogP contribution is 2.34. The summed E-state index contributed by atoms with van der Waals surface area (Å²) in [5, 5.41) is 0. The molecule has 0 aliphatic rings. The molecule has 3 aromatic carbocycles. The number of anilines is 1. The Morgan fingerprint density at radius 3 is 2.02 bits per heavy atom. The molecule has 0 amide bonds. The maximum atomic E-state index is 15.1. The Balaban J connectivity index is 1.60. The van der Waals surface area contributed by atoms with Gasteiger partial charge in [-0.25, -0.2) is 9.37 Å². The van der Waals surface area contributed by atoms with E-state index < -0.39 is 5.82 Å². The van der Waals surface area contributed by atoms with Crippen LogP contribution in [-0.4, -0.2) is 28.8 Å². The van der Waals surface area contributed by atoms with Crippen molar-refractivity contribution >= 4 is 16.9 Å². The van der Waals surface area contributed by atoms with Crippen molar-refractivity contribution in [3.8, 4) is 23.1 Å². The van der Waals surface area contributed by atoms with Crippen LogP contribution in [0.15, 0.2) is 73.1 Å². The lowest BCUT2D eigenvalue weighted by molar-refractivity contribution is 0.414. The minimum absolute atomic E-state index is 0.199. The summed E-state index contributed by atoms with van der Waals surface area (Å²) >= 11 is 0. The van der Waals surface area contributed by atoms with Crippen LogP contribution in [0.3, 0.4) is 0 Å². The summed E-state index contributed by atoms with van der Waals surface area (Å²) in [6.07, 6.45) is 2.39. The predicted molar refractivity (Wildman–Crippen MR) is 155 cm³/mol. The van der Waals surface area contributed by atoms with E-state index >= 15 is 4.39 Å². The van der Waals surface area contributed by atoms with Gasteiger partial charge in [0.15, 0.2) is 17.4 Å². The van der Waals surface area contributed by atoms with Crippen LogP contribution in [0.4, 0.5) is 10.2 Å². The lowest BCUT2D eigenvalue weighted by atomic mass is 10.1. The molecule has 0 aliphatic heterocycles. The zero-order valence-electron chi connectivity index (χ0n) is 23.4. The zero-order chi connectivity index (χ0) is 28.2. The number of nitrogens with zero attached hydrogens (tertiary/aromatic N) is 4. The first-order chi connectivity index (χ1) is 19.4. The number of halogens is 1. The fourth-order valence-corrected chi connectivity index (χ4v) is 4.75. The maximum absolute atomic E-state index is 15.1. The maximum Gasteiger partial charge on any atom is 0.223 e. The van der Waals surface area contributed by atoms with Gasteiger partial charge in [0.2, 0.25) is 5.88 Å². The van der Waals surface area contributed by atoms with Crippen LogP contribution >= 0.6 is 0 Å². The molecular formula is C32H33FN4O3. The molecule has 0 saturated carbocycles. The van der Waals surface area contributed by atoms with Crippen molar-refractivity contribution in [3.63, 3.8) is 0 Å². The van der Waals surface area contributed by atoms with Crippen molar-refractivity contribution in [2.75, 3.05) is 19.1 Å². The molecule has 0 spiro atoms. The highest BCUT2D eigenvalue weighted by Gasteiger charge is 2.20. The van der Waals surface area contributed by atoms with Crippen molar-refractivity contribution in [2.24, 2.45) is 7.05 Å². The average Bonchev–Trinajstić information content (AvgIpc) is 3.34. The van der Waals surface area contributed by atoms with E-state index in [0.29, 0.717) is 31.2 Å². The van der Waals surface area contributed by atoms with Gasteiger partial charge in [0.25, 0.3) is 0 Å². The molecule has 2 heterocycles. The van der Waals surface area contributed by atoms with Gasteiger partial charge < -0.3 is 23.7 Å². The Kier molecular flexibility index (Phi) is 7.86. The normalized spacial score (nSPS) is 11.1. The molecule has 2 aromatic heterocycles. The first kappa shape index (κ1) is 27.0. The molecule has 8 heteroatoms. The number of imidazole rings is 1. The highest BCUT2D eigenvalue weighted by molar-refractivity contribution is 5.87. The topological polar surface area (TPSA) is 61.6 Å². The number of rotatable bonds is 10. The molecule has 7 nitrogen and oxygen atoms in total. The molecular weight excluding hydrogens is 507 g/mol. The second-order valence-electron chi connectivity index (χ2n) is 9.75. The van der Waals surface area contributed by atoms with Gasteiger partial charge in [-0.05, 0) is 65.9 Å². The first-order valence-corrected chi connectivity index (χ1v) is 13.2. The number of hydrogen-bond donors (Lipinski definition) is 0. The van der Waals surface area contributed by atoms with E-state index in [9.17, 15) is 0 Å². The summed E-state index contributed by atoms with van der Waals surface area (Å²) in [6, 6.07) is 21.1. The molecule has 0 unspecified atom stereocenters. The fraction of sp³-hybridized carbons (Fsp3) is 0.250. The molecule has 0 atom stereocenters. The zero-order valence-corrected chi connectivity index (χ0v) is 23.4. The largest absolute Gasteiger partial charge is 0.497 e. The van der Waals surface area contributed by atoms with E-state index in [1.807, 2.05) is 86.1 Å². The monoisotopic (exact) mass is 540 g/mol. The van der Waals surface area contributed by atoms with E-state index in [-0.39, 0.29) is 5.75 Å². The number of hydrogen-bond acceptors (Lipinski definition) is 6. The van der Waals surface area contributed by atoms with E-state index in [2.05, 4.69) is 9.88 Å². The Hall–Kier alpha value is -4.59. The van der Waals surface area contributed by atoms with Crippen LogP contribution in [0.25, 0.3) is 11.0 Å². The summed E-state index contributed by atoms with van der Waals surface area (Å²) < 4.78 is 33.9. The Labute approximate surface area is 233 Å². The Bertz CT molecular complexity index is 1570. The van der Waals surface area contributed by atoms with Crippen molar-refractivity contribution in [2.45, 2.75) is 33.4 Å². The van der Waals surface area contributed by atoms with Crippen molar-refractivity contribution in [1.82, 2.24) is 14.5 Å². The molecule has 40 heavy (non-hydrogen) atoms. The van der Waals surface area contributed by atoms with Gasteiger partial charge in [-0.2, -0.15) is 4.98 Å². The lowest BCUT2D eigenvalue weighted by Gasteiger charge is -2.25. The summed E-state index contributed by atoms with van der Waals surface area (Å²) in [7, 11) is 5.22. The number of methoxy groups -OCH3 is 2. The average molecular weight is 541 g/mol. The van der Waals surface area contributed by atoms with E-state index in [0.717, 1.165) is 44.8 Å². The molecule has 0 fully saturated rings. The van der Waals surface area contributed by atoms with E-state index in [1.54, 1.807) is 20.5 Å².